The highest BCUT2D eigenvalue weighted by Crippen LogP contribution is 2.23. The zero-order valence-corrected chi connectivity index (χ0v) is 10.2. The molecule has 0 bridgehead atoms. The van der Waals surface area contributed by atoms with E-state index in [2.05, 4.69) is 24.0 Å². The summed E-state index contributed by atoms with van der Waals surface area (Å²) in [6.07, 6.45) is 2.80. The van der Waals surface area contributed by atoms with E-state index in [9.17, 15) is 0 Å². The second kappa shape index (κ2) is 5.23. The molecule has 2 aromatic rings. The van der Waals surface area contributed by atoms with Crippen molar-refractivity contribution < 1.29 is 0 Å². The number of hydrogen-bond acceptors (Lipinski definition) is 3. The van der Waals surface area contributed by atoms with Gasteiger partial charge in [-0.25, -0.2) is 4.98 Å². The first-order valence-corrected chi connectivity index (χ1v) is 6.34. The van der Waals surface area contributed by atoms with Crippen LogP contribution in [0.3, 0.4) is 0 Å². The Morgan fingerprint density at radius 3 is 2.69 bits per heavy atom. The monoisotopic (exact) mass is 232 g/mol. The van der Waals surface area contributed by atoms with E-state index in [0.717, 1.165) is 6.42 Å². The van der Waals surface area contributed by atoms with Crippen molar-refractivity contribution in [3.8, 4) is 0 Å². The molecule has 0 radical (unpaired) electrons. The molecular formula is C13H16N2S. The smallest absolute Gasteiger partial charge is 0.0928 e. The quantitative estimate of drug-likeness (QED) is 0.880. The molecule has 0 aliphatic heterocycles. The van der Waals surface area contributed by atoms with Crippen LogP contribution >= 0.6 is 11.3 Å². The average molecular weight is 232 g/mol. The molecule has 2 rings (SSSR count). The Kier molecular flexibility index (Phi) is 3.70. The van der Waals surface area contributed by atoms with Crippen LogP contribution in [0.1, 0.15) is 23.5 Å². The number of rotatable bonds is 4. The maximum atomic E-state index is 6.23. The highest BCUT2D eigenvalue weighted by molar-refractivity contribution is 7.09. The van der Waals surface area contributed by atoms with Crippen LogP contribution in [0, 0.1) is 5.92 Å². The van der Waals surface area contributed by atoms with Gasteiger partial charge in [0.1, 0.15) is 0 Å². The number of hydrogen-bond donors (Lipinski definition) is 1. The first-order chi connectivity index (χ1) is 7.77. The van der Waals surface area contributed by atoms with Crippen LogP contribution in [-0.2, 0) is 6.42 Å². The van der Waals surface area contributed by atoms with Crippen LogP contribution in [0.5, 0.6) is 0 Å². The van der Waals surface area contributed by atoms with Gasteiger partial charge in [0.05, 0.1) is 5.01 Å². The molecule has 0 amide bonds. The molecule has 0 spiro atoms. The molecule has 0 aliphatic rings. The largest absolute Gasteiger partial charge is 0.324 e. The van der Waals surface area contributed by atoms with Gasteiger partial charge in [-0.3, -0.25) is 0 Å². The fraction of sp³-hybridized carbons (Fsp3) is 0.308. The summed E-state index contributed by atoms with van der Waals surface area (Å²) < 4.78 is 0. The lowest BCUT2D eigenvalue weighted by Crippen LogP contribution is -2.20. The van der Waals surface area contributed by atoms with E-state index in [1.165, 1.54) is 10.6 Å². The van der Waals surface area contributed by atoms with Crippen molar-refractivity contribution in [1.82, 2.24) is 4.98 Å². The number of aromatic nitrogens is 1. The third-order valence-electron chi connectivity index (χ3n) is 2.78. The maximum Gasteiger partial charge on any atom is 0.0928 e. The lowest BCUT2D eigenvalue weighted by atomic mass is 9.93. The summed E-state index contributed by atoms with van der Waals surface area (Å²) in [7, 11) is 0. The molecule has 2 unspecified atom stereocenters. The van der Waals surface area contributed by atoms with Gasteiger partial charge in [-0.05, 0) is 11.5 Å². The SMILES string of the molecule is CC(Cc1nccs1)C(N)c1ccccc1. The normalized spacial score (nSPS) is 14.6. The molecule has 2 N–H and O–H groups in total. The van der Waals surface area contributed by atoms with E-state index in [-0.39, 0.29) is 6.04 Å². The molecule has 2 atom stereocenters. The second-order valence-corrected chi connectivity index (χ2v) is 5.02. The Morgan fingerprint density at radius 1 is 1.31 bits per heavy atom. The van der Waals surface area contributed by atoms with Gasteiger partial charge in [0, 0.05) is 24.0 Å². The van der Waals surface area contributed by atoms with Gasteiger partial charge in [0.15, 0.2) is 0 Å². The molecule has 2 nitrogen and oxygen atoms in total. The minimum atomic E-state index is 0.0881. The molecule has 0 saturated heterocycles. The van der Waals surface area contributed by atoms with Crippen molar-refractivity contribution in [2.24, 2.45) is 11.7 Å². The fourth-order valence-corrected chi connectivity index (χ4v) is 2.52. The summed E-state index contributed by atoms with van der Waals surface area (Å²) >= 11 is 1.70. The highest BCUT2D eigenvalue weighted by Gasteiger charge is 2.15. The van der Waals surface area contributed by atoms with E-state index in [1.54, 1.807) is 11.3 Å². The number of nitrogens with zero attached hydrogens (tertiary/aromatic N) is 1. The number of benzene rings is 1. The summed E-state index contributed by atoms with van der Waals surface area (Å²) in [4.78, 5) is 4.30. The molecule has 0 fully saturated rings. The van der Waals surface area contributed by atoms with Crippen molar-refractivity contribution in [2.75, 3.05) is 0 Å². The first kappa shape index (κ1) is 11.3. The van der Waals surface area contributed by atoms with Crippen LogP contribution < -0.4 is 5.73 Å². The predicted molar refractivity (Wildman–Crippen MR) is 68.4 cm³/mol. The van der Waals surface area contributed by atoms with E-state index in [1.807, 2.05) is 29.8 Å². The van der Waals surface area contributed by atoms with Crippen LogP contribution in [0.15, 0.2) is 41.9 Å². The lowest BCUT2D eigenvalue weighted by Gasteiger charge is -2.19. The number of thiazole rings is 1. The Morgan fingerprint density at radius 2 is 2.06 bits per heavy atom. The van der Waals surface area contributed by atoms with Crippen molar-refractivity contribution in [1.29, 1.82) is 0 Å². The molecule has 3 heteroatoms. The van der Waals surface area contributed by atoms with Gasteiger partial charge in [-0.15, -0.1) is 11.3 Å². The Balaban J connectivity index is 2.02. The highest BCUT2D eigenvalue weighted by atomic mass is 32.1. The van der Waals surface area contributed by atoms with Crippen molar-refractivity contribution in [3.63, 3.8) is 0 Å². The summed E-state index contributed by atoms with van der Waals surface area (Å²) in [6, 6.07) is 10.3. The minimum Gasteiger partial charge on any atom is -0.324 e. The van der Waals surface area contributed by atoms with E-state index >= 15 is 0 Å². The molecule has 0 saturated carbocycles. The lowest BCUT2D eigenvalue weighted by molar-refractivity contribution is 0.467. The fourth-order valence-electron chi connectivity index (χ4n) is 1.76. The van der Waals surface area contributed by atoms with Crippen molar-refractivity contribution in [3.05, 3.63) is 52.5 Å². The summed E-state index contributed by atoms with van der Waals surface area (Å²) in [5.41, 5.74) is 7.43. The van der Waals surface area contributed by atoms with E-state index in [4.69, 9.17) is 5.73 Å². The third-order valence-corrected chi connectivity index (χ3v) is 3.58. The first-order valence-electron chi connectivity index (χ1n) is 5.46. The second-order valence-electron chi connectivity index (χ2n) is 4.04. The van der Waals surface area contributed by atoms with Crippen molar-refractivity contribution in [2.45, 2.75) is 19.4 Å². The van der Waals surface area contributed by atoms with Gasteiger partial charge in [0.25, 0.3) is 0 Å². The Hall–Kier alpha value is -1.19. The van der Waals surface area contributed by atoms with E-state index in [0.29, 0.717) is 5.92 Å². The van der Waals surface area contributed by atoms with Crippen LogP contribution in [0.25, 0.3) is 0 Å². The molecule has 1 aromatic heterocycles. The maximum absolute atomic E-state index is 6.23. The summed E-state index contributed by atoms with van der Waals surface area (Å²) in [5.74, 6) is 0.411. The summed E-state index contributed by atoms with van der Waals surface area (Å²) in [6.45, 7) is 2.18. The topological polar surface area (TPSA) is 38.9 Å². The molecular weight excluding hydrogens is 216 g/mol. The van der Waals surface area contributed by atoms with Crippen LogP contribution in [0.2, 0.25) is 0 Å². The van der Waals surface area contributed by atoms with E-state index < -0.39 is 0 Å². The minimum absolute atomic E-state index is 0.0881. The molecule has 16 heavy (non-hydrogen) atoms. The van der Waals surface area contributed by atoms with Crippen LogP contribution in [-0.4, -0.2) is 4.98 Å². The van der Waals surface area contributed by atoms with Gasteiger partial charge in [-0.2, -0.15) is 0 Å². The van der Waals surface area contributed by atoms with Gasteiger partial charge < -0.3 is 5.73 Å². The summed E-state index contributed by atoms with van der Waals surface area (Å²) in [5, 5.41) is 3.18. The van der Waals surface area contributed by atoms with Crippen molar-refractivity contribution >= 4 is 11.3 Å². The molecule has 1 aromatic carbocycles. The molecule has 84 valence electrons. The predicted octanol–water partition coefficient (Wildman–Crippen LogP) is 3.02. The number of nitrogens with two attached hydrogens (primary N) is 1. The molecule has 1 heterocycles. The zero-order valence-electron chi connectivity index (χ0n) is 9.34. The van der Waals surface area contributed by atoms with Gasteiger partial charge in [0.2, 0.25) is 0 Å². The average Bonchev–Trinajstić information content (AvgIpc) is 2.82. The van der Waals surface area contributed by atoms with Gasteiger partial charge in [-0.1, -0.05) is 37.3 Å². The van der Waals surface area contributed by atoms with Gasteiger partial charge >= 0.3 is 0 Å². The standard InChI is InChI=1S/C13H16N2S/c1-10(9-12-15-7-8-16-12)13(14)11-5-3-2-4-6-11/h2-8,10,13H,9,14H2,1H3. The molecule has 0 aliphatic carbocycles. The Bertz CT molecular complexity index is 411. The van der Waals surface area contributed by atoms with Crippen LogP contribution in [0.4, 0.5) is 0 Å². The Labute approximate surface area is 100 Å². The zero-order chi connectivity index (χ0) is 11.4. The third kappa shape index (κ3) is 2.68.